The summed E-state index contributed by atoms with van der Waals surface area (Å²) in [5.74, 6) is -0.329. The van der Waals surface area contributed by atoms with Crippen LogP contribution in [-0.4, -0.2) is 4.98 Å². The van der Waals surface area contributed by atoms with Crippen LogP contribution in [0.25, 0.3) is 11.1 Å². The second-order valence-corrected chi connectivity index (χ2v) is 3.89. The van der Waals surface area contributed by atoms with E-state index in [1.165, 1.54) is 12.1 Å². The quantitative estimate of drug-likeness (QED) is 0.759. The van der Waals surface area contributed by atoms with Crippen molar-refractivity contribution >= 4 is 11.6 Å². The van der Waals surface area contributed by atoms with Crippen LogP contribution in [0, 0.1) is 17.1 Å². The molecule has 2 rings (SSSR count). The van der Waals surface area contributed by atoms with Crippen LogP contribution in [0.4, 0.5) is 4.39 Å². The molecule has 0 aliphatic carbocycles. The molecule has 1 aromatic heterocycles. The Morgan fingerprint density at radius 3 is 2.88 bits per heavy atom. The van der Waals surface area contributed by atoms with Gasteiger partial charge >= 0.3 is 0 Å². The van der Waals surface area contributed by atoms with Crippen molar-refractivity contribution in [2.24, 2.45) is 0 Å². The van der Waals surface area contributed by atoms with Gasteiger partial charge in [0.25, 0.3) is 0 Å². The number of nitrogens with zero attached hydrogens (tertiary/aromatic N) is 2. The van der Waals surface area contributed by atoms with Crippen molar-refractivity contribution in [2.45, 2.75) is 6.42 Å². The van der Waals surface area contributed by atoms with Gasteiger partial charge in [0.2, 0.25) is 0 Å². The Hall–Kier alpha value is -1.92. The fourth-order valence-corrected chi connectivity index (χ4v) is 1.75. The van der Waals surface area contributed by atoms with Crippen LogP contribution in [0.15, 0.2) is 36.5 Å². The van der Waals surface area contributed by atoms with E-state index in [1.807, 2.05) is 6.07 Å². The molecule has 0 bridgehead atoms. The second-order valence-electron chi connectivity index (χ2n) is 3.53. The first-order chi connectivity index (χ1) is 8.20. The predicted molar refractivity (Wildman–Crippen MR) is 64.0 cm³/mol. The lowest BCUT2D eigenvalue weighted by atomic mass is 10.1. The molecule has 2 aromatic rings. The zero-order valence-corrected chi connectivity index (χ0v) is 9.58. The third-order valence-electron chi connectivity index (χ3n) is 2.31. The summed E-state index contributed by atoms with van der Waals surface area (Å²) in [5.41, 5.74) is 2.05. The van der Waals surface area contributed by atoms with Crippen molar-refractivity contribution in [3.05, 3.63) is 53.1 Å². The normalized spacial score (nSPS) is 9.94. The molecule has 0 amide bonds. The van der Waals surface area contributed by atoms with Gasteiger partial charge in [0, 0.05) is 11.8 Å². The highest BCUT2D eigenvalue weighted by Gasteiger charge is 2.07. The summed E-state index contributed by atoms with van der Waals surface area (Å²) < 4.78 is 13.1. The lowest BCUT2D eigenvalue weighted by Gasteiger charge is -2.05. The molecule has 2 nitrogen and oxygen atoms in total. The molecule has 0 spiro atoms. The number of rotatable bonds is 2. The predicted octanol–water partition coefficient (Wildman–Crippen LogP) is 3.61. The minimum absolute atomic E-state index is 0.256. The van der Waals surface area contributed by atoms with Crippen molar-refractivity contribution in [3.8, 4) is 17.2 Å². The summed E-state index contributed by atoms with van der Waals surface area (Å²) in [7, 11) is 0. The van der Waals surface area contributed by atoms with Crippen LogP contribution >= 0.6 is 11.6 Å². The molecule has 0 unspecified atom stereocenters. The average molecular weight is 247 g/mol. The summed E-state index contributed by atoms with van der Waals surface area (Å²) in [6.45, 7) is 0. The van der Waals surface area contributed by atoms with E-state index in [0.29, 0.717) is 16.3 Å². The Kier molecular flexibility index (Phi) is 3.36. The number of hydrogen-bond donors (Lipinski definition) is 0. The molecule has 84 valence electrons. The Balaban J connectivity index is 2.51. The molecule has 1 aromatic carbocycles. The SMILES string of the molecule is N#CCc1cnc(Cl)c(-c2cccc(F)c2)c1. The molecular weight excluding hydrogens is 239 g/mol. The zero-order chi connectivity index (χ0) is 12.3. The van der Waals surface area contributed by atoms with Crippen molar-refractivity contribution in [2.75, 3.05) is 0 Å². The van der Waals surface area contributed by atoms with Crippen molar-refractivity contribution in [1.82, 2.24) is 4.98 Å². The fraction of sp³-hybridized carbons (Fsp3) is 0.0769. The Bertz CT molecular complexity index is 590. The maximum atomic E-state index is 13.1. The van der Waals surface area contributed by atoms with E-state index in [-0.39, 0.29) is 12.2 Å². The third-order valence-corrected chi connectivity index (χ3v) is 2.62. The second kappa shape index (κ2) is 4.94. The molecule has 0 radical (unpaired) electrons. The minimum atomic E-state index is -0.329. The molecule has 0 saturated heterocycles. The molecule has 0 atom stereocenters. The lowest BCUT2D eigenvalue weighted by Crippen LogP contribution is -1.89. The number of benzene rings is 1. The van der Waals surface area contributed by atoms with Crippen LogP contribution in [0.2, 0.25) is 5.15 Å². The van der Waals surface area contributed by atoms with E-state index >= 15 is 0 Å². The Morgan fingerprint density at radius 2 is 2.18 bits per heavy atom. The summed E-state index contributed by atoms with van der Waals surface area (Å²) in [4.78, 5) is 4.00. The summed E-state index contributed by atoms with van der Waals surface area (Å²) in [6, 6.07) is 9.91. The van der Waals surface area contributed by atoms with Crippen molar-refractivity contribution < 1.29 is 4.39 Å². The van der Waals surface area contributed by atoms with Crippen LogP contribution in [0.3, 0.4) is 0 Å². The van der Waals surface area contributed by atoms with Gasteiger partial charge in [0.05, 0.1) is 12.5 Å². The number of halogens is 2. The van der Waals surface area contributed by atoms with Gasteiger partial charge < -0.3 is 0 Å². The van der Waals surface area contributed by atoms with Gasteiger partial charge in [-0.25, -0.2) is 9.37 Å². The number of hydrogen-bond acceptors (Lipinski definition) is 2. The maximum absolute atomic E-state index is 13.1. The molecule has 0 aliphatic heterocycles. The van der Waals surface area contributed by atoms with Crippen molar-refractivity contribution in [1.29, 1.82) is 5.26 Å². The third kappa shape index (κ3) is 2.61. The molecule has 17 heavy (non-hydrogen) atoms. The average Bonchev–Trinajstić information content (AvgIpc) is 2.32. The molecule has 1 heterocycles. The first-order valence-corrected chi connectivity index (χ1v) is 5.36. The highest BCUT2D eigenvalue weighted by atomic mass is 35.5. The van der Waals surface area contributed by atoms with Gasteiger partial charge in [-0.1, -0.05) is 23.7 Å². The monoisotopic (exact) mass is 246 g/mol. The molecule has 0 fully saturated rings. The van der Waals surface area contributed by atoms with Crippen molar-refractivity contribution in [3.63, 3.8) is 0 Å². The number of nitriles is 1. The Morgan fingerprint density at radius 1 is 1.35 bits per heavy atom. The summed E-state index contributed by atoms with van der Waals surface area (Å²) in [6.07, 6.45) is 1.81. The highest BCUT2D eigenvalue weighted by molar-refractivity contribution is 6.32. The van der Waals surface area contributed by atoms with E-state index in [2.05, 4.69) is 4.98 Å². The smallest absolute Gasteiger partial charge is 0.136 e. The number of aromatic nitrogens is 1. The molecular formula is C13H8ClFN2. The maximum Gasteiger partial charge on any atom is 0.136 e. The van der Waals surface area contributed by atoms with Crippen LogP contribution in [0.5, 0.6) is 0 Å². The number of pyridine rings is 1. The van der Waals surface area contributed by atoms with E-state index in [1.54, 1.807) is 24.4 Å². The summed E-state index contributed by atoms with van der Waals surface area (Å²) >= 11 is 5.97. The summed E-state index contributed by atoms with van der Waals surface area (Å²) in [5, 5.41) is 8.93. The first-order valence-electron chi connectivity index (χ1n) is 4.98. The van der Waals surface area contributed by atoms with E-state index < -0.39 is 0 Å². The van der Waals surface area contributed by atoms with Crippen LogP contribution < -0.4 is 0 Å². The van der Waals surface area contributed by atoms with Gasteiger partial charge in [-0.05, 0) is 29.3 Å². The fourth-order valence-electron chi connectivity index (χ4n) is 1.54. The zero-order valence-electron chi connectivity index (χ0n) is 8.82. The lowest BCUT2D eigenvalue weighted by molar-refractivity contribution is 0.628. The van der Waals surface area contributed by atoms with E-state index in [9.17, 15) is 4.39 Å². The van der Waals surface area contributed by atoms with Crippen LogP contribution in [0.1, 0.15) is 5.56 Å². The molecule has 0 saturated carbocycles. The van der Waals surface area contributed by atoms with Gasteiger partial charge in [0.15, 0.2) is 0 Å². The van der Waals surface area contributed by atoms with E-state index in [4.69, 9.17) is 16.9 Å². The van der Waals surface area contributed by atoms with Gasteiger partial charge in [-0.15, -0.1) is 0 Å². The standard InChI is InChI=1S/C13H8ClFN2/c14-13-12(6-9(4-5-16)8-17-13)10-2-1-3-11(15)7-10/h1-3,6-8H,4H2. The minimum Gasteiger partial charge on any atom is -0.244 e. The highest BCUT2D eigenvalue weighted by Crippen LogP contribution is 2.27. The van der Waals surface area contributed by atoms with Gasteiger partial charge in [-0.2, -0.15) is 5.26 Å². The Labute approximate surface area is 103 Å². The molecule has 4 heteroatoms. The topological polar surface area (TPSA) is 36.7 Å². The van der Waals surface area contributed by atoms with E-state index in [0.717, 1.165) is 5.56 Å². The molecule has 0 N–H and O–H groups in total. The van der Waals surface area contributed by atoms with Crippen LogP contribution in [-0.2, 0) is 6.42 Å². The molecule has 0 aliphatic rings. The van der Waals surface area contributed by atoms with Gasteiger partial charge in [0.1, 0.15) is 11.0 Å². The van der Waals surface area contributed by atoms with Gasteiger partial charge in [-0.3, -0.25) is 0 Å². The first kappa shape index (κ1) is 11.6. The largest absolute Gasteiger partial charge is 0.244 e.